The Morgan fingerprint density at radius 3 is 2.63 bits per heavy atom. The van der Waals surface area contributed by atoms with E-state index < -0.39 is 0 Å². The molecule has 4 rings (SSSR count). The Morgan fingerprint density at radius 1 is 1.10 bits per heavy atom. The van der Waals surface area contributed by atoms with E-state index >= 15 is 0 Å². The van der Waals surface area contributed by atoms with Crippen molar-refractivity contribution in [1.29, 1.82) is 0 Å². The van der Waals surface area contributed by atoms with E-state index in [4.69, 9.17) is 16.0 Å². The first kappa shape index (κ1) is 20.4. The minimum atomic E-state index is 0.0711. The lowest BCUT2D eigenvalue weighted by Crippen LogP contribution is -2.08. The van der Waals surface area contributed by atoms with Crippen molar-refractivity contribution in [3.63, 3.8) is 0 Å². The van der Waals surface area contributed by atoms with Gasteiger partial charge in [-0.1, -0.05) is 41.1 Å². The first-order chi connectivity index (χ1) is 14.5. The number of benzene rings is 2. The maximum Gasteiger partial charge on any atom is 0.192 e. The minimum Gasteiger partial charge on any atom is -0.467 e. The average molecular weight is 438 g/mol. The summed E-state index contributed by atoms with van der Waals surface area (Å²) >= 11 is 7.40. The maximum atomic E-state index is 12.8. The van der Waals surface area contributed by atoms with E-state index in [1.54, 1.807) is 6.26 Å². The molecule has 0 amide bonds. The number of carbonyl (C=O) groups excluding carboxylic acids is 1. The van der Waals surface area contributed by atoms with Crippen LogP contribution in [0.15, 0.2) is 70.4 Å². The summed E-state index contributed by atoms with van der Waals surface area (Å²) in [5, 5.41) is 10.0. The lowest BCUT2D eigenvalue weighted by atomic mass is 10.0. The second-order valence-electron chi connectivity index (χ2n) is 7.01. The van der Waals surface area contributed by atoms with Crippen molar-refractivity contribution in [2.75, 3.05) is 5.75 Å². The van der Waals surface area contributed by atoms with Crippen molar-refractivity contribution in [1.82, 2.24) is 14.8 Å². The molecule has 30 heavy (non-hydrogen) atoms. The lowest BCUT2D eigenvalue weighted by molar-refractivity contribution is 0.102. The monoisotopic (exact) mass is 437 g/mol. The van der Waals surface area contributed by atoms with Gasteiger partial charge in [-0.2, -0.15) is 0 Å². The molecule has 152 valence electrons. The van der Waals surface area contributed by atoms with Gasteiger partial charge in [-0.15, -0.1) is 10.2 Å². The van der Waals surface area contributed by atoms with Crippen LogP contribution in [-0.4, -0.2) is 26.3 Å². The number of Topliss-reactive ketones (excluding diaryl/α,β-unsaturated/α-hetero) is 1. The van der Waals surface area contributed by atoms with Gasteiger partial charge < -0.3 is 4.42 Å². The van der Waals surface area contributed by atoms with Gasteiger partial charge in [-0.25, -0.2) is 0 Å². The van der Waals surface area contributed by atoms with Gasteiger partial charge in [0.15, 0.2) is 16.8 Å². The summed E-state index contributed by atoms with van der Waals surface area (Å²) in [7, 11) is 0. The largest absolute Gasteiger partial charge is 0.467 e. The molecule has 0 bridgehead atoms. The number of halogens is 1. The summed E-state index contributed by atoms with van der Waals surface area (Å²) in [5.41, 5.74) is 3.69. The van der Waals surface area contributed by atoms with Crippen molar-refractivity contribution >= 4 is 29.1 Å². The molecule has 0 aliphatic heterocycles. The van der Waals surface area contributed by atoms with Gasteiger partial charge in [0.25, 0.3) is 0 Å². The highest BCUT2D eigenvalue weighted by molar-refractivity contribution is 7.99. The van der Waals surface area contributed by atoms with Crippen molar-refractivity contribution in [3.05, 3.63) is 88.3 Å². The maximum absolute atomic E-state index is 12.8. The van der Waals surface area contributed by atoms with Crippen LogP contribution < -0.4 is 0 Å². The zero-order valence-electron chi connectivity index (χ0n) is 16.6. The number of hydrogen-bond acceptors (Lipinski definition) is 5. The highest BCUT2D eigenvalue weighted by atomic mass is 35.5. The Bertz CT molecular complexity index is 1170. The first-order valence-corrected chi connectivity index (χ1v) is 10.8. The average Bonchev–Trinajstić information content (AvgIpc) is 3.39. The summed E-state index contributed by atoms with van der Waals surface area (Å²) in [6, 6.07) is 17.1. The fourth-order valence-corrected chi connectivity index (χ4v) is 4.10. The minimum absolute atomic E-state index is 0.0711. The molecule has 0 aliphatic carbocycles. The summed E-state index contributed by atoms with van der Waals surface area (Å²) in [6.45, 7) is 4.41. The van der Waals surface area contributed by atoms with E-state index in [9.17, 15) is 4.79 Å². The SMILES string of the molecule is Cc1ccc(C)c(C(=O)CSc2nnc(-c3ccc(Cl)cc3)n2Cc2ccco2)c1. The Balaban J connectivity index is 1.61. The fraction of sp³-hybridized carbons (Fsp3) is 0.174. The molecule has 4 aromatic rings. The van der Waals surface area contributed by atoms with Crippen LogP contribution in [0.3, 0.4) is 0 Å². The molecule has 0 radical (unpaired) electrons. The van der Waals surface area contributed by atoms with Crippen LogP contribution in [0, 0.1) is 13.8 Å². The summed E-state index contributed by atoms with van der Waals surface area (Å²) < 4.78 is 7.48. The standard InChI is InChI=1S/C23H20ClN3O2S/c1-15-5-6-16(2)20(12-15)21(28)14-30-23-26-25-22(17-7-9-18(24)10-8-17)27(23)13-19-4-3-11-29-19/h3-12H,13-14H2,1-2H3. The van der Waals surface area contributed by atoms with Crippen LogP contribution in [-0.2, 0) is 6.54 Å². The molecule has 0 N–H and O–H groups in total. The van der Waals surface area contributed by atoms with Gasteiger partial charge in [-0.3, -0.25) is 9.36 Å². The highest BCUT2D eigenvalue weighted by Crippen LogP contribution is 2.27. The third kappa shape index (κ3) is 4.50. The lowest BCUT2D eigenvalue weighted by Gasteiger charge is -2.10. The second-order valence-corrected chi connectivity index (χ2v) is 8.39. The number of hydrogen-bond donors (Lipinski definition) is 0. The number of furan rings is 1. The number of aryl methyl sites for hydroxylation is 2. The number of carbonyl (C=O) groups is 1. The number of nitrogens with zero attached hydrogens (tertiary/aromatic N) is 3. The number of thioether (sulfide) groups is 1. The fourth-order valence-electron chi connectivity index (χ4n) is 3.15. The highest BCUT2D eigenvalue weighted by Gasteiger charge is 2.18. The molecule has 0 spiro atoms. The predicted molar refractivity (Wildman–Crippen MR) is 119 cm³/mol. The summed E-state index contributed by atoms with van der Waals surface area (Å²) in [4.78, 5) is 12.8. The summed E-state index contributed by atoms with van der Waals surface area (Å²) in [6.07, 6.45) is 1.64. The van der Waals surface area contributed by atoms with Gasteiger partial charge in [0, 0.05) is 16.1 Å². The van der Waals surface area contributed by atoms with Gasteiger partial charge in [0.2, 0.25) is 0 Å². The van der Waals surface area contributed by atoms with Crippen LogP contribution >= 0.6 is 23.4 Å². The van der Waals surface area contributed by atoms with Gasteiger partial charge in [-0.05, 0) is 61.9 Å². The molecule has 2 aromatic heterocycles. The molecular weight excluding hydrogens is 418 g/mol. The van der Waals surface area contributed by atoms with E-state index in [0.29, 0.717) is 22.5 Å². The third-order valence-electron chi connectivity index (χ3n) is 4.74. The molecular formula is C23H20ClN3O2S. The number of ketones is 1. The number of rotatable bonds is 7. The van der Waals surface area contributed by atoms with E-state index in [1.807, 2.05) is 73.0 Å². The molecule has 0 aliphatic rings. The smallest absolute Gasteiger partial charge is 0.192 e. The zero-order valence-corrected chi connectivity index (χ0v) is 18.2. The van der Waals surface area contributed by atoms with Crippen LogP contribution in [0.4, 0.5) is 0 Å². The molecule has 0 fully saturated rings. The van der Waals surface area contributed by atoms with E-state index in [0.717, 1.165) is 28.0 Å². The van der Waals surface area contributed by atoms with Crippen molar-refractivity contribution < 1.29 is 9.21 Å². The van der Waals surface area contributed by atoms with Crippen molar-refractivity contribution in [2.24, 2.45) is 0 Å². The molecule has 0 saturated heterocycles. The topological polar surface area (TPSA) is 60.9 Å². The van der Waals surface area contributed by atoms with E-state index in [-0.39, 0.29) is 11.5 Å². The second kappa shape index (κ2) is 8.90. The van der Waals surface area contributed by atoms with Crippen molar-refractivity contribution in [2.45, 2.75) is 25.5 Å². The van der Waals surface area contributed by atoms with E-state index in [1.165, 1.54) is 11.8 Å². The van der Waals surface area contributed by atoms with Crippen LogP contribution in [0.1, 0.15) is 27.2 Å². The molecule has 0 atom stereocenters. The molecule has 2 aromatic carbocycles. The first-order valence-electron chi connectivity index (χ1n) is 9.46. The van der Waals surface area contributed by atoms with E-state index in [2.05, 4.69) is 10.2 Å². The Labute approximate surface area is 184 Å². The van der Waals surface area contributed by atoms with Crippen LogP contribution in [0.25, 0.3) is 11.4 Å². The quantitative estimate of drug-likeness (QED) is 0.269. The molecule has 2 heterocycles. The third-order valence-corrected chi connectivity index (χ3v) is 5.96. The molecule has 0 unspecified atom stereocenters. The zero-order chi connectivity index (χ0) is 21.1. The summed E-state index contributed by atoms with van der Waals surface area (Å²) in [5.74, 6) is 1.83. The molecule has 5 nitrogen and oxygen atoms in total. The van der Waals surface area contributed by atoms with Crippen LogP contribution in [0.5, 0.6) is 0 Å². The van der Waals surface area contributed by atoms with Crippen molar-refractivity contribution in [3.8, 4) is 11.4 Å². The van der Waals surface area contributed by atoms with Gasteiger partial charge in [0.05, 0.1) is 18.6 Å². The Kier molecular flexibility index (Phi) is 6.06. The molecule has 7 heteroatoms. The molecule has 0 saturated carbocycles. The normalized spacial score (nSPS) is 11.0. The number of aromatic nitrogens is 3. The van der Waals surface area contributed by atoms with Gasteiger partial charge in [0.1, 0.15) is 5.76 Å². The Morgan fingerprint density at radius 2 is 1.90 bits per heavy atom. The Hall–Kier alpha value is -2.83. The predicted octanol–water partition coefficient (Wildman–Crippen LogP) is 5.83. The van der Waals surface area contributed by atoms with Crippen LogP contribution in [0.2, 0.25) is 5.02 Å². The van der Waals surface area contributed by atoms with Gasteiger partial charge >= 0.3 is 0 Å².